The highest BCUT2D eigenvalue weighted by atomic mass is 32.1. The minimum absolute atomic E-state index is 0.100. The number of carbonyl (C=O) groups excluding carboxylic acids is 1. The van der Waals surface area contributed by atoms with E-state index in [2.05, 4.69) is 35.0 Å². The molecule has 0 atom stereocenters. The van der Waals surface area contributed by atoms with Crippen LogP contribution in [0.2, 0.25) is 0 Å². The number of thiazole rings is 1. The van der Waals surface area contributed by atoms with Gasteiger partial charge in [-0.15, -0.1) is 11.3 Å². The average Bonchev–Trinajstić information content (AvgIpc) is 3.43. The zero-order valence-electron chi connectivity index (χ0n) is 19.1. The van der Waals surface area contributed by atoms with Crippen LogP contribution >= 0.6 is 11.3 Å². The standard InChI is InChI=1S/C31H24N2OS/c34-30(28(25-12-6-2-7-13-25)20-23-10-4-1-5-11-23)32-21-24-16-18-27(19-17-24)31-33-29(22-35-31)26-14-8-3-9-15-26/h1-20,22H,21H2,(H,32,34)/b28-20-. The van der Waals surface area contributed by atoms with Gasteiger partial charge in [-0.3, -0.25) is 4.79 Å². The van der Waals surface area contributed by atoms with Crippen molar-refractivity contribution in [2.45, 2.75) is 6.54 Å². The fourth-order valence-corrected chi connectivity index (χ4v) is 4.64. The molecule has 1 aromatic heterocycles. The number of carbonyl (C=O) groups is 1. The number of nitrogens with one attached hydrogen (secondary N) is 1. The lowest BCUT2D eigenvalue weighted by molar-refractivity contribution is -0.115. The van der Waals surface area contributed by atoms with Crippen LogP contribution in [0.15, 0.2) is 121 Å². The molecule has 4 heteroatoms. The molecule has 1 N–H and O–H groups in total. The van der Waals surface area contributed by atoms with E-state index in [1.807, 2.05) is 97.1 Å². The van der Waals surface area contributed by atoms with Crippen molar-refractivity contribution in [1.29, 1.82) is 0 Å². The predicted molar refractivity (Wildman–Crippen MR) is 146 cm³/mol. The number of aromatic nitrogens is 1. The Balaban J connectivity index is 1.29. The van der Waals surface area contributed by atoms with E-state index in [-0.39, 0.29) is 5.91 Å². The van der Waals surface area contributed by atoms with Crippen LogP contribution in [0.3, 0.4) is 0 Å². The Kier molecular flexibility index (Phi) is 6.92. The molecule has 0 aliphatic rings. The summed E-state index contributed by atoms with van der Waals surface area (Å²) in [6.07, 6.45) is 1.93. The van der Waals surface area contributed by atoms with Gasteiger partial charge in [0.25, 0.3) is 5.91 Å². The third-order valence-corrected chi connectivity index (χ3v) is 6.56. The van der Waals surface area contributed by atoms with Gasteiger partial charge in [0.1, 0.15) is 5.01 Å². The summed E-state index contributed by atoms with van der Waals surface area (Å²) in [6, 6.07) is 38.1. The first-order valence-electron chi connectivity index (χ1n) is 11.5. The molecule has 0 saturated heterocycles. The summed E-state index contributed by atoms with van der Waals surface area (Å²) in [5, 5.41) is 6.15. The zero-order chi connectivity index (χ0) is 23.9. The van der Waals surface area contributed by atoms with Gasteiger partial charge in [-0.05, 0) is 22.8 Å². The topological polar surface area (TPSA) is 42.0 Å². The summed E-state index contributed by atoms with van der Waals surface area (Å²) in [6.45, 7) is 0.450. The Morgan fingerprint density at radius 1 is 0.743 bits per heavy atom. The van der Waals surface area contributed by atoms with E-state index >= 15 is 0 Å². The van der Waals surface area contributed by atoms with E-state index in [1.54, 1.807) is 11.3 Å². The number of nitrogens with zero attached hydrogens (tertiary/aromatic N) is 1. The van der Waals surface area contributed by atoms with Crippen molar-refractivity contribution >= 4 is 28.9 Å². The van der Waals surface area contributed by atoms with Gasteiger partial charge in [0.15, 0.2) is 0 Å². The fraction of sp³-hybridized carbons (Fsp3) is 0.0323. The van der Waals surface area contributed by atoms with Crippen LogP contribution in [-0.4, -0.2) is 10.9 Å². The molecule has 0 bridgehead atoms. The molecule has 4 aromatic carbocycles. The maximum Gasteiger partial charge on any atom is 0.252 e. The van der Waals surface area contributed by atoms with Crippen molar-refractivity contribution in [1.82, 2.24) is 10.3 Å². The number of rotatable bonds is 7. The summed E-state index contributed by atoms with van der Waals surface area (Å²) in [4.78, 5) is 18.0. The van der Waals surface area contributed by atoms with Crippen LogP contribution in [-0.2, 0) is 11.3 Å². The summed E-state index contributed by atoms with van der Waals surface area (Å²) < 4.78 is 0. The summed E-state index contributed by atoms with van der Waals surface area (Å²) >= 11 is 1.64. The molecule has 1 amide bonds. The summed E-state index contributed by atoms with van der Waals surface area (Å²) in [7, 11) is 0. The van der Waals surface area contributed by atoms with Crippen molar-refractivity contribution in [2.75, 3.05) is 0 Å². The molecule has 3 nitrogen and oxygen atoms in total. The number of amides is 1. The Bertz CT molecular complexity index is 1420. The van der Waals surface area contributed by atoms with E-state index < -0.39 is 0 Å². The molecule has 0 radical (unpaired) electrons. The minimum Gasteiger partial charge on any atom is -0.348 e. The van der Waals surface area contributed by atoms with Crippen molar-refractivity contribution in [3.8, 4) is 21.8 Å². The molecular formula is C31H24N2OS. The van der Waals surface area contributed by atoms with Gasteiger partial charge >= 0.3 is 0 Å². The van der Waals surface area contributed by atoms with E-state index in [0.29, 0.717) is 12.1 Å². The van der Waals surface area contributed by atoms with Gasteiger partial charge in [-0.2, -0.15) is 0 Å². The van der Waals surface area contributed by atoms with Crippen molar-refractivity contribution in [3.05, 3.63) is 137 Å². The van der Waals surface area contributed by atoms with Crippen molar-refractivity contribution in [2.24, 2.45) is 0 Å². The second-order valence-electron chi connectivity index (χ2n) is 8.12. The molecule has 0 fully saturated rings. The van der Waals surface area contributed by atoms with Gasteiger partial charge < -0.3 is 5.32 Å². The quantitative estimate of drug-likeness (QED) is 0.199. The maximum absolute atomic E-state index is 13.2. The predicted octanol–water partition coefficient (Wildman–Crippen LogP) is 7.33. The largest absolute Gasteiger partial charge is 0.348 e. The van der Waals surface area contributed by atoms with Crippen LogP contribution in [0, 0.1) is 0 Å². The molecule has 1 heterocycles. The van der Waals surface area contributed by atoms with Crippen LogP contribution in [0.4, 0.5) is 0 Å². The van der Waals surface area contributed by atoms with E-state index in [0.717, 1.165) is 38.5 Å². The fourth-order valence-electron chi connectivity index (χ4n) is 3.80. The Morgan fingerprint density at radius 2 is 1.37 bits per heavy atom. The van der Waals surface area contributed by atoms with Crippen LogP contribution < -0.4 is 5.32 Å². The molecule has 0 saturated carbocycles. The smallest absolute Gasteiger partial charge is 0.252 e. The molecule has 5 rings (SSSR count). The molecule has 0 spiro atoms. The highest BCUT2D eigenvalue weighted by molar-refractivity contribution is 7.13. The average molecular weight is 473 g/mol. The van der Waals surface area contributed by atoms with Crippen LogP contribution in [0.1, 0.15) is 16.7 Å². The molecule has 0 aliphatic heterocycles. The third kappa shape index (κ3) is 5.62. The molecule has 0 aliphatic carbocycles. The lowest BCUT2D eigenvalue weighted by Gasteiger charge is -2.10. The lowest BCUT2D eigenvalue weighted by Crippen LogP contribution is -2.23. The second-order valence-corrected chi connectivity index (χ2v) is 8.98. The van der Waals surface area contributed by atoms with Gasteiger partial charge in [-0.25, -0.2) is 4.98 Å². The Morgan fingerprint density at radius 3 is 2.06 bits per heavy atom. The second kappa shape index (κ2) is 10.8. The van der Waals surface area contributed by atoms with Crippen molar-refractivity contribution < 1.29 is 4.79 Å². The lowest BCUT2D eigenvalue weighted by atomic mass is 10.0. The van der Waals surface area contributed by atoms with Crippen LogP contribution in [0.25, 0.3) is 33.5 Å². The Hall–Kier alpha value is -4.28. The SMILES string of the molecule is O=C(NCc1ccc(-c2nc(-c3ccccc3)cs2)cc1)/C(=C\c1ccccc1)c1ccccc1. The first-order chi connectivity index (χ1) is 17.3. The van der Waals surface area contributed by atoms with Gasteiger partial charge in [0, 0.05) is 28.6 Å². The van der Waals surface area contributed by atoms with Crippen molar-refractivity contribution in [3.63, 3.8) is 0 Å². The molecule has 170 valence electrons. The van der Waals surface area contributed by atoms with Gasteiger partial charge in [-0.1, -0.05) is 115 Å². The van der Waals surface area contributed by atoms with E-state index in [9.17, 15) is 4.79 Å². The first kappa shape index (κ1) is 22.5. The minimum atomic E-state index is -0.100. The van der Waals surface area contributed by atoms with E-state index in [4.69, 9.17) is 4.98 Å². The molecule has 35 heavy (non-hydrogen) atoms. The number of hydrogen-bond donors (Lipinski definition) is 1. The maximum atomic E-state index is 13.2. The van der Waals surface area contributed by atoms with Crippen LogP contribution in [0.5, 0.6) is 0 Å². The normalized spacial score (nSPS) is 11.3. The Labute approximate surface area is 209 Å². The molecule has 0 unspecified atom stereocenters. The summed E-state index contributed by atoms with van der Waals surface area (Å²) in [5.41, 5.74) is 6.74. The monoisotopic (exact) mass is 472 g/mol. The highest BCUT2D eigenvalue weighted by Crippen LogP contribution is 2.29. The summed E-state index contributed by atoms with van der Waals surface area (Å²) in [5.74, 6) is -0.100. The molecule has 5 aromatic rings. The molecular weight excluding hydrogens is 448 g/mol. The highest BCUT2D eigenvalue weighted by Gasteiger charge is 2.12. The number of hydrogen-bond acceptors (Lipinski definition) is 3. The van der Waals surface area contributed by atoms with Gasteiger partial charge in [0.2, 0.25) is 0 Å². The zero-order valence-corrected chi connectivity index (χ0v) is 19.9. The third-order valence-electron chi connectivity index (χ3n) is 5.67. The van der Waals surface area contributed by atoms with Gasteiger partial charge in [0.05, 0.1) is 5.69 Å². The number of benzene rings is 4. The first-order valence-corrected chi connectivity index (χ1v) is 12.3. The van der Waals surface area contributed by atoms with E-state index in [1.165, 1.54) is 0 Å².